The molecule has 5 aromatic rings. The van der Waals surface area contributed by atoms with Crippen molar-refractivity contribution in [2.24, 2.45) is 7.05 Å². The smallest absolute Gasteiger partial charge is 0.259 e. The average molecular weight is 642 g/mol. The van der Waals surface area contributed by atoms with Gasteiger partial charge in [0.2, 0.25) is 15.5 Å². The van der Waals surface area contributed by atoms with Gasteiger partial charge in [0.05, 0.1) is 22.2 Å². The molecule has 0 aliphatic carbocycles. The van der Waals surface area contributed by atoms with Gasteiger partial charge in [0, 0.05) is 39.3 Å². The van der Waals surface area contributed by atoms with Crippen LogP contribution in [-0.4, -0.2) is 82.8 Å². The first-order chi connectivity index (χ1) is 22.3. The number of nitrogens with one attached hydrogen (secondary N) is 2. The number of likely N-dealkylation sites (tertiary alicyclic amines) is 1. The van der Waals surface area contributed by atoms with Gasteiger partial charge in [-0.25, -0.2) is 17.7 Å². The van der Waals surface area contributed by atoms with E-state index in [4.69, 9.17) is 4.98 Å². The first kappa shape index (κ1) is 30.4. The average Bonchev–Trinajstić information content (AvgIpc) is 3.68. The van der Waals surface area contributed by atoms with Crippen molar-refractivity contribution in [1.29, 1.82) is 0 Å². The van der Waals surface area contributed by atoms with Crippen LogP contribution in [0.4, 0.5) is 5.82 Å². The molecule has 12 heteroatoms. The van der Waals surface area contributed by atoms with E-state index in [-0.39, 0.29) is 28.7 Å². The Labute approximate surface area is 267 Å². The number of imidazole rings is 1. The second-order valence-corrected chi connectivity index (χ2v) is 14.3. The van der Waals surface area contributed by atoms with Crippen LogP contribution in [0.25, 0.3) is 27.7 Å². The summed E-state index contributed by atoms with van der Waals surface area (Å²) in [6.45, 7) is 4.15. The summed E-state index contributed by atoms with van der Waals surface area (Å²) in [5.41, 5.74) is 3.23. The van der Waals surface area contributed by atoms with E-state index in [2.05, 4.69) is 15.5 Å². The van der Waals surface area contributed by atoms with Crippen LogP contribution >= 0.6 is 0 Å². The highest BCUT2D eigenvalue weighted by Crippen LogP contribution is 2.27. The summed E-state index contributed by atoms with van der Waals surface area (Å²) in [5, 5.41) is 6.85. The van der Waals surface area contributed by atoms with Crippen molar-refractivity contribution < 1.29 is 13.2 Å². The number of amides is 1. The van der Waals surface area contributed by atoms with Gasteiger partial charge < -0.3 is 20.1 Å². The summed E-state index contributed by atoms with van der Waals surface area (Å²) in [4.78, 5) is 34.8. The van der Waals surface area contributed by atoms with Gasteiger partial charge in [-0.2, -0.15) is 0 Å². The number of fused-ring (bicyclic) bond motifs is 5. The van der Waals surface area contributed by atoms with Gasteiger partial charge in [-0.3, -0.25) is 14.0 Å². The minimum Gasteiger partial charge on any atom is -0.367 e. The number of aryl methyl sites for hydroxylation is 1. The standard InChI is InChI=1S/C34H39N7O4S/c1-38-27-11-5-6-12-28(27)41-32-26(31(42)30(34(38)41)33(43)35-17-22-39-18-7-8-19-39)13-14-29(37-32)36-25-15-20-40(21-16-25)46(44,45)23-24-9-3-2-4-10-24/h2-6,9-14,25H,7-8,15-23H2,1H3,(H,35,43)(H,36,37). The summed E-state index contributed by atoms with van der Waals surface area (Å²) >= 11 is 0. The summed E-state index contributed by atoms with van der Waals surface area (Å²) < 4.78 is 31.5. The number of benzene rings is 2. The maximum atomic E-state index is 14.0. The van der Waals surface area contributed by atoms with Crippen LogP contribution in [0, 0.1) is 0 Å². The number of hydrogen-bond acceptors (Lipinski definition) is 7. The molecule has 0 unspecified atom stereocenters. The van der Waals surface area contributed by atoms with Crippen molar-refractivity contribution in [1.82, 2.24) is 28.5 Å². The number of piperidine rings is 1. The molecule has 46 heavy (non-hydrogen) atoms. The molecule has 0 spiro atoms. The monoisotopic (exact) mass is 641 g/mol. The Morgan fingerprint density at radius 3 is 2.35 bits per heavy atom. The van der Waals surface area contributed by atoms with Gasteiger partial charge in [0.1, 0.15) is 17.0 Å². The van der Waals surface area contributed by atoms with Crippen LogP contribution in [0.3, 0.4) is 0 Å². The van der Waals surface area contributed by atoms with E-state index in [9.17, 15) is 18.0 Å². The quantitative estimate of drug-likeness (QED) is 0.253. The molecule has 0 atom stereocenters. The lowest BCUT2D eigenvalue weighted by Crippen LogP contribution is -2.42. The van der Waals surface area contributed by atoms with Gasteiger partial charge in [0.25, 0.3) is 5.91 Å². The van der Waals surface area contributed by atoms with Crippen molar-refractivity contribution in [2.45, 2.75) is 37.5 Å². The van der Waals surface area contributed by atoms with Crippen LogP contribution in [0.2, 0.25) is 0 Å². The maximum Gasteiger partial charge on any atom is 0.259 e. The molecular weight excluding hydrogens is 602 g/mol. The first-order valence-corrected chi connectivity index (χ1v) is 17.6. The summed E-state index contributed by atoms with van der Waals surface area (Å²) in [5.74, 6) is 0.208. The van der Waals surface area contributed by atoms with E-state index in [1.165, 1.54) is 12.8 Å². The molecule has 2 fully saturated rings. The number of carbonyl (C=O) groups excluding carboxylic acids is 1. The lowest BCUT2D eigenvalue weighted by atomic mass is 10.1. The molecule has 2 saturated heterocycles. The zero-order valence-electron chi connectivity index (χ0n) is 26.0. The number of anilines is 1. The van der Waals surface area contributed by atoms with Crippen LogP contribution < -0.4 is 16.1 Å². The number of rotatable bonds is 9. The Morgan fingerprint density at radius 1 is 0.913 bits per heavy atom. The van der Waals surface area contributed by atoms with Gasteiger partial charge in [0.15, 0.2) is 5.65 Å². The SMILES string of the molecule is Cn1c2ccccc2n2c3nc(NC4CCN(S(=O)(=O)Cc5ccccc5)CC4)ccc3c(=O)c(C(=O)NCCN3CCCC3)c12. The predicted octanol–water partition coefficient (Wildman–Crippen LogP) is 3.57. The van der Waals surface area contributed by atoms with E-state index in [1.54, 1.807) is 16.4 Å². The molecule has 2 aromatic carbocycles. The molecule has 2 N–H and O–H groups in total. The molecule has 3 aromatic heterocycles. The lowest BCUT2D eigenvalue weighted by molar-refractivity contribution is 0.0950. The molecule has 2 aliphatic rings. The Hall–Kier alpha value is -4.26. The fraction of sp³-hybridized carbons (Fsp3) is 0.382. The van der Waals surface area contributed by atoms with Crippen molar-refractivity contribution in [3.8, 4) is 0 Å². The number of sulfonamides is 1. The van der Waals surface area contributed by atoms with E-state index < -0.39 is 10.0 Å². The lowest BCUT2D eigenvalue weighted by Gasteiger charge is -2.32. The highest BCUT2D eigenvalue weighted by Gasteiger charge is 2.29. The summed E-state index contributed by atoms with van der Waals surface area (Å²) in [6.07, 6.45) is 3.62. The van der Waals surface area contributed by atoms with E-state index >= 15 is 0 Å². The minimum absolute atomic E-state index is 0.00754. The van der Waals surface area contributed by atoms with Gasteiger partial charge in [-0.15, -0.1) is 0 Å². The number of nitrogens with zero attached hydrogens (tertiary/aromatic N) is 5. The Balaban J connectivity index is 1.16. The summed E-state index contributed by atoms with van der Waals surface area (Å²) in [7, 11) is -1.55. The molecule has 5 heterocycles. The highest BCUT2D eigenvalue weighted by atomic mass is 32.2. The zero-order chi connectivity index (χ0) is 31.8. The molecule has 0 radical (unpaired) electrons. The van der Waals surface area contributed by atoms with Crippen LogP contribution in [0.1, 0.15) is 41.6 Å². The molecule has 7 rings (SSSR count). The fourth-order valence-corrected chi connectivity index (χ4v) is 8.48. The Kier molecular flexibility index (Phi) is 8.26. The Morgan fingerprint density at radius 2 is 1.61 bits per heavy atom. The Bertz CT molecular complexity index is 2080. The highest BCUT2D eigenvalue weighted by molar-refractivity contribution is 7.88. The van der Waals surface area contributed by atoms with Gasteiger partial charge >= 0.3 is 0 Å². The van der Waals surface area contributed by atoms with Crippen LogP contribution in [0.5, 0.6) is 0 Å². The number of hydrogen-bond donors (Lipinski definition) is 2. The normalized spacial score (nSPS) is 16.9. The second-order valence-electron chi connectivity index (χ2n) is 12.3. The van der Waals surface area contributed by atoms with Crippen LogP contribution in [-0.2, 0) is 22.8 Å². The van der Waals surface area contributed by atoms with Crippen molar-refractivity contribution in [2.75, 3.05) is 44.6 Å². The van der Waals surface area contributed by atoms with Crippen molar-refractivity contribution in [3.05, 3.63) is 88.1 Å². The van der Waals surface area contributed by atoms with Crippen molar-refractivity contribution in [3.63, 3.8) is 0 Å². The molecule has 0 saturated carbocycles. The molecule has 11 nitrogen and oxygen atoms in total. The second kappa shape index (κ2) is 12.5. The van der Waals surface area contributed by atoms with Crippen LogP contribution in [0.15, 0.2) is 71.5 Å². The molecule has 1 amide bonds. The zero-order valence-corrected chi connectivity index (χ0v) is 26.8. The predicted molar refractivity (Wildman–Crippen MR) is 181 cm³/mol. The van der Waals surface area contributed by atoms with Gasteiger partial charge in [-0.05, 0) is 68.6 Å². The molecule has 0 bridgehead atoms. The number of para-hydroxylation sites is 2. The summed E-state index contributed by atoms with van der Waals surface area (Å²) in [6, 6.07) is 20.6. The van der Waals surface area contributed by atoms with Gasteiger partial charge in [-0.1, -0.05) is 42.5 Å². The molecular formula is C34H39N7O4S. The fourth-order valence-electron chi connectivity index (χ4n) is 6.91. The van der Waals surface area contributed by atoms with E-state index in [0.717, 1.165) is 36.2 Å². The molecule has 2 aliphatic heterocycles. The maximum absolute atomic E-state index is 14.0. The minimum atomic E-state index is -3.42. The number of pyridine rings is 2. The number of carbonyl (C=O) groups is 1. The third-order valence-electron chi connectivity index (χ3n) is 9.33. The first-order valence-electron chi connectivity index (χ1n) is 16.0. The largest absolute Gasteiger partial charge is 0.367 e. The molecule has 240 valence electrons. The third-order valence-corrected chi connectivity index (χ3v) is 11.2. The van der Waals surface area contributed by atoms with E-state index in [1.807, 2.05) is 70.6 Å². The number of aromatic nitrogens is 3. The third kappa shape index (κ3) is 5.76. The topological polar surface area (TPSA) is 121 Å². The van der Waals surface area contributed by atoms with Crippen molar-refractivity contribution >= 4 is 49.5 Å². The van der Waals surface area contributed by atoms with E-state index in [0.29, 0.717) is 55.0 Å².